The SMILES string of the molecule is FOB(OF)OF. The molecule has 0 saturated heterocycles. The Morgan fingerprint density at radius 1 is 0.857 bits per heavy atom. The van der Waals surface area contributed by atoms with Crippen molar-refractivity contribution in [1.29, 1.82) is 0 Å². The van der Waals surface area contributed by atoms with Crippen molar-refractivity contribution in [2.24, 2.45) is 0 Å². The first-order valence-electron chi connectivity index (χ1n) is 1.17. The molecule has 0 aromatic carbocycles. The summed E-state index contributed by atoms with van der Waals surface area (Å²) in [6.45, 7) is 0. The first kappa shape index (κ1) is 6.73. The van der Waals surface area contributed by atoms with Gasteiger partial charge in [0, 0.05) is 0 Å². The Bertz CT molecular complexity index is 31.7. The number of halogens is 3. The zero-order valence-corrected chi connectivity index (χ0v) is 2.94. The molecule has 0 unspecified atom stereocenters. The molecule has 0 radical (unpaired) electrons. The van der Waals surface area contributed by atoms with Crippen LogP contribution < -0.4 is 0 Å². The van der Waals surface area contributed by atoms with Gasteiger partial charge in [0.25, 0.3) is 0 Å². The molecule has 0 aromatic rings. The van der Waals surface area contributed by atoms with Gasteiger partial charge in [0.2, 0.25) is 0 Å². The average Bonchev–Trinajstić information content (AvgIpc) is 1.72. The summed E-state index contributed by atoms with van der Waals surface area (Å²) in [5.74, 6) is 0. The molecule has 3 nitrogen and oxygen atoms in total. The standard InChI is InChI=1S/BF3O3/c2-5-1(6-3)7-4. The largest absolute Gasteiger partial charge is 0.737 e. The van der Waals surface area contributed by atoms with E-state index in [0.29, 0.717) is 0 Å². The second kappa shape index (κ2) is 3.91. The van der Waals surface area contributed by atoms with Crippen molar-refractivity contribution >= 4 is 7.32 Å². The minimum Gasteiger partial charge on any atom is -0.185 e. The fraction of sp³-hybridized carbons (Fsp3) is 0. The number of hydrogen-bond acceptors (Lipinski definition) is 3. The Morgan fingerprint density at radius 2 is 1.14 bits per heavy atom. The Labute approximate surface area is 36.8 Å². The normalized spacial score (nSPS) is 9.00. The lowest BCUT2D eigenvalue weighted by molar-refractivity contribution is -0.190. The summed E-state index contributed by atoms with van der Waals surface area (Å²) in [4.78, 5) is 7.06. The molecular formula is BF3O3. The van der Waals surface area contributed by atoms with Crippen molar-refractivity contribution in [3.05, 3.63) is 0 Å². The first-order chi connectivity index (χ1) is 3.35. The van der Waals surface area contributed by atoms with Crippen LogP contribution in [0.3, 0.4) is 0 Å². The molecule has 42 valence electrons. The summed E-state index contributed by atoms with van der Waals surface area (Å²) >= 11 is 0. The highest BCUT2D eigenvalue weighted by atomic mass is 19.3. The van der Waals surface area contributed by atoms with Crippen LogP contribution in [0.25, 0.3) is 0 Å². The highest BCUT2D eigenvalue weighted by molar-refractivity contribution is 6.35. The highest BCUT2D eigenvalue weighted by Crippen LogP contribution is 1.91. The van der Waals surface area contributed by atoms with Gasteiger partial charge < -0.3 is 0 Å². The van der Waals surface area contributed by atoms with Gasteiger partial charge in [0.1, 0.15) is 0 Å². The van der Waals surface area contributed by atoms with Crippen molar-refractivity contribution in [2.75, 3.05) is 0 Å². The lowest BCUT2D eigenvalue weighted by Gasteiger charge is -1.88. The maximum absolute atomic E-state index is 10.4. The Kier molecular flexibility index (Phi) is 3.76. The topological polar surface area (TPSA) is 27.7 Å². The van der Waals surface area contributed by atoms with Crippen LogP contribution in [0.1, 0.15) is 0 Å². The van der Waals surface area contributed by atoms with Crippen molar-refractivity contribution in [3.8, 4) is 0 Å². The van der Waals surface area contributed by atoms with E-state index in [2.05, 4.69) is 14.6 Å². The molecule has 0 aliphatic rings. The van der Waals surface area contributed by atoms with Gasteiger partial charge in [0.05, 0.1) is 0 Å². The number of hydrogen-bond donors (Lipinski definition) is 0. The van der Waals surface area contributed by atoms with Crippen LogP contribution in [-0.4, -0.2) is 7.32 Å². The predicted molar refractivity (Wildman–Crippen MR) is 12.3 cm³/mol. The predicted octanol–water partition coefficient (Wildman–Crippen LogP) is 0.675. The molecule has 0 atom stereocenters. The van der Waals surface area contributed by atoms with Gasteiger partial charge in [-0.15, -0.1) is 0 Å². The molecule has 0 aromatic heterocycles. The molecule has 0 heterocycles. The summed E-state index contributed by atoms with van der Waals surface area (Å²) in [5, 5.41) is 0. The summed E-state index contributed by atoms with van der Waals surface area (Å²) in [6.07, 6.45) is 0. The van der Waals surface area contributed by atoms with Gasteiger partial charge in [0.15, 0.2) is 0 Å². The molecule has 7 heteroatoms. The van der Waals surface area contributed by atoms with E-state index in [4.69, 9.17) is 0 Å². The molecule has 0 spiro atoms. The Hall–Kier alpha value is -0.265. The van der Waals surface area contributed by atoms with Crippen LogP contribution >= 0.6 is 0 Å². The van der Waals surface area contributed by atoms with Gasteiger partial charge in [-0.3, -0.25) is 0 Å². The van der Waals surface area contributed by atoms with Crippen LogP contribution in [0, 0.1) is 0 Å². The van der Waals surface area contributed by atoms with Gasteiger partial charge in [-0.2, -0.15) is 14.6 Å². The van der Waals surface area contributed by atoms with Crippen molar-refractivity contribution in [3.63, 3.8) is 0 Å². The van der Waals surface area contributed by atoms with E-state index < -0.39 is 7.32 Å². The lowest BCUT2D eigenvalue weighted by atomic mass is 10.3. The van der Waals surface area contributed by atoms with Crippen LogP contribution in [0.5, 0.6) is 0 Å². The van der Waals surface area contributed by atoms with E-state index >= 15 is 0 Å². The Balaban J connectivity index is 2.99. The van der Waals surface area contributed by atoms with Crippen LogP contribution in [-0.2, 0) is 14.6 Å². The number of rotatable bonds is 3. The van der Waals surface area contributed by atoms with Crippen LogP contribution in [0.2, 0.25) is 0 Å². The first-order valence-corrected chi connectivity index (χ1v) is 1.17. The molecule has 0 aliphatic heterocycles. The molecule has 0 rings (SSSR count). The van der Waals surface area contributed by atoms with Crippen molar-refractivity contribution < 1.29 is 28.2 Å². The van der Waals surface area contributed by atoms with Gasteiger partial charge >= 0.3 is 7.32 Å². The second-order valence-corrected chi connectivity index (χ2v) is 0.556. The van der Waals surface area contributed by atoms with Gasteiger partial charge in [-0.1, -0.05) is 13.6 Å². The monoisotopic (exact) mass is 116 g/mol. The van der Waals surface area contributed by atoms with E-state index in [9.17, 15) is 13.6 Å². The van der Waals surface area contributed by atoms with Crippen LogP contribution in [0.15, 0.2) is 0 Å². The lowest BCUT2D eigenvalue weighted by Crippen LogP contribution is -2.15. The molecule has 0 N–H and O–H groups in total. The maximum Gasteiger partial charge on any atom is 0.737 e. The summed E-state index contributed by atoms with van der Waals surface area (Å²) in [5.41, 5.74) is 0. The summed E-state index contributed by atoms with van der Waals surface area (Å²) in [6, 6.07) is 0. The van der Waals surface area contributed by atoms with Crippen LogP contribution in [0.4, 0.5) is 13.6 Å². The van der Waals surface area contributed by atoms with E-state index in [1.807, 2.05) is 0 Å². The second-order valence-electron chi connectivity index (χ2n) is 0.556. The Morgan fingerprint density at radius 3 is 1.14 bits per heavy atom. The minimum absolute atomic E-state index is 2.35. The molecule has 0 saturated carbocycles. The fourth-order valence-corrected chi connectivity index (χ4v) is 0.0412. The summed E-state index contributed by atoms with van der Waals surface area (Å²) in [7, 11) is -2.51. The van der Waals surface area contributed by atoms with Gasteiger partial charge in [-0.25, -0.2) is 0 Å². The zero-order chi connectivity index (χ0) is 5.70. The average molecular weight is 116 g/mol. The fourth-order valence-electron chi connectivity index (χ4n) is 0.0412. The van der Waals surface area contributed by atoms with E-state index in [0.717, 1.165) is 0 Å². The molecule has 7 heavy (non-hydrogen) atoms. The minimum atomic E-state index is -2.51. The molecule has 0 bridgehead atoms. The molecule has 0 fully saturated rings. The third kappa shape index (κ3) is 2.43. The van der Waals surface area contributed by atoms with E-state index in [1.165, 1.54) is 0 Å². The summed E-state index contributed by atoms with van der Waals surface area (Å²) < 4.78 is 31.3. The smallest absolute Gasteiger partial charge is 0.185 e. The molecule has 0 amide bonds. The van der Waals surface area contributed by atoms with E-state index in [-0.39, 0.29) is 0 Å². The van der Waals surface area contributed by atoms with E-state index in [1.54, 1.807) is 0 Å². The molecule has 0 aliphatic carbocycles. The quantitative estimate of drug-likeness (QED) is 0.507. The zero-order valence-electron chi connectivity index (χ0n) is 2.94. The third-order valence-electron chi connectivity index (χ3n) is 0.218. The third-order valence-corrected chi connectivity index (χ3v) is 0.218. The maximum atomic E-state index is 10.4. The molecular weight excluding hydrogens is 116 g/mol. The van der Waals surface area contributed by atoms with Crippen molar-refractivity contribution in [2.45, 2.75) is 0 Å². The van der Waals surface area contributed by atoms with Crippen molar-refractivity contribution in [1.82, 2.24) is 0 Å². The highest BCUT2D eigenvalue weighted by Gasteiger charge is 2.24. The van der Waals surface area contributed by atoms with Gasteiger partial charge in [-0.05, 0) is 0 Å².